The molecule has 9 heteroatoms. The first kappa shape index (κ1) is 21.3. The number of nitrogens with one attached hydrogen (secondary N) is 2. The first-order valence-electron chi connectivity index (χ1n) is 10.00. The second-order valence-electron chi connectivity index (χ2n) is 7.66. The van der Waals surface area contributed by atoms with E-state index in [4.69, 9.17) is 0 Å². The van der Waals surface area contributed by atoms with Gasteiger partial charge in [-0.2, -0.15) is 4.31 Å². The Morgan fingerprint density at radius 3 is 2.61 bits per heavy atom. The lowest BCUT2D eigenvalue weighted by atomic mass is 9.99. The average molecular weight is 428 g/mol. The molecule has 3 rings (SSSR count). The number of thiophene rings is 1. The van der Waals surface area contributed by atoms with Crippen LogP contribution in [0.5, 0.6) is 0 Å². The van der Waals surface area contributed by atoms with Crippen LogP contribution in [0.4, 0.5) is 0 Å². The van der Waals surface area contributed by atoms with Crippen LogP contribution in [0.15, 0.2) is 16.3 Å². The molecule has 1 aliphatic heterocycles. The van der Waals surface area contributed by atoms with Crippen LogP contribution in [0.25, 0.3) is 0 Å². The molecular formula is C19H29N3O4S2. The first-order valence-corrected chi connectivity index (χ1v) is 12.3. The van der Waals surface area contributed by atoms with E-state index in [1.54, 1.807) is 12.1 Å². The van der Waals surface area contributed by atoms with Gasteiger partial charge in [0.25, 0.3) is 10.0 Å². The SMILES string of the molecule is Cc1ccc(S(=O)(=O)N2CCCC(C(=O)NCCC(=O)NC3CCCC3)C2)s1. The number of piperidine rings is 1. The second kappa shape index (κ2) is 9.37. The maximum absolute atomic E-state index is 12.8. The maximum Gasteiger partial charge on any atom is 0.252 e. The molecule has 2 N–H and O–H groups in total. The lowest BCUT2D eigenvalue weighted by Gasteiger charge is -2.30. The van der Waals surface area contributed by atoms with Gasteiger partial charge in [0.15, 0.2) is 0 Å². The van der Waals surface area contributed by atoms with Gasteiger partial charge in [0.1, 0.15) is 4.21 Å². The first-order chi connectivity index (χ1) is 13.4. The second-order valence-corrected chi connectivity index (χ2v) is 11.1. The minimum Gasteiger partial charge on any atom is -0.355 e. The van der Waals surface area contributed by atoms with Gasteiger partial charge in [-0.05, 0) is 44.7 Å². The van der Waals surface area contributed by atoms with Crippen molar-refractivity contribution < 1.29 is 18.0 Å². The summed E-state index contributed by atoms with van der Waals surface area (Å²) in [5.74, 6) is -0.577. The summed E-state index contributed by atoms with van der Waals surface area (Å²) in [6, 6.07) is 3.70. The van der Waals surface area contributed by atoms with Gasteiger partial charge in [-0.3, -0.25) is 9.59 Å². The fraction of sp³-hybridized carbons (Fsp3) is 0.684. The largest absolute Gasteiger partial charge is 0.355 e. The van der Waals surface area contributed by atoms with Crippen molar-refractivity contribution in [2.45, 2.75) is 62.1 Å². The maximum atomic E-state index is 12.8. The molecule has 0 radical (unpaired) electrons. The third-order valence-electron chi connectivity index (χ3n) is 5.44. The smallest absolute Gasteiger partial charge is 0.252 e. The number of carbonyl (C=O) groups is 2. The average Bonchev–Trinajstić information content (AvgIpc) is 3.33. The molecule has 28 heavy (non-hydrogen) atoms. The summed E-state index contributed by atoms with van der Waals surface area (Å²) in [6.45, 7) is 2.79. The molecule has 2 aliphatic rings. The van der Waals surface area contributed by atoms with Gasteiger partial charge in [0.2, 0.25) is 11.8 Å². The lowest BCUT2D eigenvalue weighted by Crippen LogP contribution is -2.45. The number of nitrogens with zero attached hydrogens (tertiary/aromatic N) is 1. The minimum atomic E-state index is -3.55. The predicted octanol–water partition coefficient (Wildman–Crippen LogP) is 2.02. The van der Waals surface area contributed by atoms with Gasteiger partial charge in [0, 0.05) is 37.0 Å². The van der Waals surface area contributed by atoms with Gasteiger partial charge >= 0.3 is 0 Å². The Bertz CT molecular complexity index is 800. The molecule has 2 fully saturated rings. The molecule has 7 nitrogen and oxygen atoms in total. The van der Waals surface area contributed by atoms with Crippen LogP contribution in [0, 0.1) is 12.8 Å². The fourth-order valence-corrected chi connectivity index (χ4v) is 6.83. The van der Waals surface area contributed by atoms with E-state index in [1.165, 1.54) is 15.6 Å². The summed E-state index contributed by atoms with van der Waals surface area (Å²) in [7, 11) is -3.55. The minimum absolute atomic E-state index is 0.0342. The van der Waals surface area contributed by atoms with Crippen LogP contribution in [-0.4, -0.2) is 50.2 Å². The van der Waals surface area contributed by atoms with Gasteiger partial charge in [-0.15, -0.1) is 11.3 Å². The van der Waals surface area contributed by atoms with E-state index in [2.05, 4.69) is 10.6 Å². The molecule has 1 saturated carbocycles. The molecule has 2 heterocycles. The van der Waals surface area contributed by atoms with Crippen molar-refractivity contribution in [3.05, 3.63) is 17.0 Å². The van der Waals surface area contributed by atoms with Crippen LogP contribution in [0.1, 0.15) is 49.8 Å². The molecule has 1 aliphatic carbocycles. The Morgan fingerprint density at radius 2 is 1.93 bits per heavy atom. The molecule has 1 atom stereocenters. The highest BCUT2D eigenvalue weighted by Gasteiger charge is 2.34. The highest BCUT2D eigenvalue weighted by molar-refractivity contribution is 7.91. The van der Waals surface area contributed by atoms with Crippen molar-refractivity contribution in [2.75, 3.05) is 19.6 Å². The van der Waals surface area contributed by atoms with Crippen LogP contribution in [0.3, 0.4) is 0 Å². The molecule has 2 amide bonds. The van der Waals surface area contributed by atoms with Gasteiger partial charge < -0.3 is 10.6 Å². The highest BCUT2D eigenvalue weighted by atomic mass is 32.2. The summed E-state index contributed by atoms with van der Waals surface area (Å²) in [5.41, 5.74) is 0. The molecule has 1 saturated heterocycles. The van der Waals surface area contributed by atoms with E-state index in [0.717, 1.165) is 30.6 Å². The Kier molecular flexibility index (Phi) is 7.11. The van der Waals surface area contributed by atoms with Crippen molar-refractivity contribution in [1.29, 1.82) is 0 Å². The zero-order chi connectivity index (χ0) is 20.1. The number of hydrogen-bond donors (Lipinski definition) is 2. The topological polar surface area (TPSA) is 95.6 Å². The summed E-state index contributed by atoms with van der Waals surface area (Å²) in [6.07, 6.45) is 5.97. The van der Waals surface area contributed by atoms with Crippen molar-refractivity contribution in [2.24, 2.45) is 5.92 Å². The summed E-state index contributed by atoms with van der Waals surface area (Å²) < 4.78 is 27.3. The van der Waals surface area contributed by atoms with Gasteiger partial charge in [-0.1, -0.05) is 12.8 Å². The van der Waals surface area contributed by atoms with Crippen molar-refractivity contribution in [3.8, 4) is 0 Å². The number of sulfonamides is 1. The molecule has 156 valence electrons. The van der Waals surface area contributed by atoms with Gasteiger partial charge in [-0.25, -0.2) is 8.42 Å². The van der Waals surface area contributed by atoms with E-state index in [9.17, 15) is 18.0 Å². The van der Waals surface area contributed by atoms with Crippen molar-refractivity contribution in [1.82, 2.24) is 14.9 Å². The summed E-state index contributed by atoms with van der Waals surface area (Å²) in [4.78, 5) is 25.4. The van der Waals surface area contributed by atoms with E-state index < -0.39 is 10.0 Å². The highest BCUT2D eigenvalue weighted by Crippen LogP contribution is 2.28. The normalized spacial score (nSPS) is 21.5. The molecular weight excluding hydrogens is 398 g/mol. The molecule has 1 unspecified atom stereocenters. The van der Waals surface area contributed by atoms with Crippen molar-refractivity contribution >= 4 is 33.2 Å². The quantitative estimate of drug-likeness (QED) is 0.696. The van der Waals surface area contributed by atoms with Crippen LogP contribution in [0.2, 0.25) is 0 Å². The molecule has 1 aromatic rings. The Balaban J connectivity index is 1.47. The molecule has 0 spiro atoms. The van der Waals surface area contributed by atoms with Crippen LogP contribution >= 0.6 is 11.3 Å². The number of aryl methyl sites for hydroxylation is 1. The standard InChI is InChI=1S/C19H29N3O4S2/c1-14-8-9-18(27-14)28(25,26)22-12-4-5-15(13-22)19(24)20-11-10-17(23)21-16-6-2-3-7-16/h8-9,15-16H,2-7,10-13H2,1H3,(H,20,24)(H,21,23). The molecule has 0 aromatic carbocycles. The Morgan fingerprint density at radius 1 is 1.18 bits per heavy atom. The number of carbonyl (C=O) groups excluding carboxylic acids is 2. The van der Waals surface area contributed by atoms with Crippen LogP contribution < -0.4 is 10.6 Å². The number of rotatable bonds is 7. The summed E-state index contributed by atoms with van der Waals surface area (Å²) in [5, 5.41) is 5.81. The van der Waals surface area contributed by atoms with E-state index in [-0.39, 0.29) is 43.3 Å². The Hall–Kier alpha value is -1.45. The van der Waals surface area contributed by atoms with Crippen molar-refractivity contribution in [3.63, 3.8) is 0 Å². The predicted molar refractivity (Wildman–Crippen MR) is 109 cm³/mol. The third-order valence-corrected chi connectivity index (χ3v) is 8.77. The van der Waals surface area contributed by atoms with Gasteiger partial charge in [0.05, 0.1) is 5.92 Å². The molecule has 1 aromatic heterocycles. The van der Waals surface area contributed by atoms with E-state index >= 15 is 0 Å². The van der Waals surface area contributed by atoms with E-state index in [0.29, 0.717) is 23.6 Å². The zero-order valence-corrected chi connectivity index (χ0v) is 17.9. The number of hydrogen-bond acceptors (Lipinski definition) is 5. The van der Waals surface area contributed by atoms with E-state index in [1.807, 2.05) is 6.92 Å². The van der Waals surface area contributed by atoms with Crippen LogP contribution in [-0.2, 0) is 19.6 Å². The Labute approximate surface area is 170 Å². The molecule has 0 bridgehead atoms. The lowest BCUT2D eigenvalue weighted by molar-refractivity contribution is -0.126. The fourth-order valence-electron chi connectivity index (χ4n) is 3.87. The monoisotopic (exact) mass is 427 g/mol. The summed E-state index contributed by atoms with van der Waals surface area (Å²) >= 11 is 1.25. The third kappa shape index (κ3) is 5.33. The number of amides is 2. The zero-order valence-electron chi connectivity index (χ0n) is 16.3.